The lowest BCUT2D eigenvalue weighted by atomic mass is 9.85. The van der Waals surface area contributed by atoms with Crippen LogP contribution in [0.15, 0.2) is 18.2 Å². The van der Waals surface area contributed by atoms with Crippen LogP contribution in [0.3, 0.4) is 0 Å². The Kier molecular flexibility index (Phi) is 4.63. The second-order valence-electron chi connectivity index (χ2n) is 7.12. The van der Waals surface area contributed by atoms with Crippen LogP contribution in [0.2, 0.25) is 0 Å². The molecule has 0 aromatic heterocycles. The highest BCUT2D eigenvalue weighted by Gasteiger charge is 2.51. The van der Waals surface area contributed by atoms with E-state index in [0.717, 1.165) is 37.1 Å². The molecule has 0 spiro atoms. The Hall–Kier alpha value is -1.88. The summed E-state index contributed by atoms with van der Waals surface area (Å²) in [6, 6.07) is 5.76. The van der Waals surface area contributed by atoms with E-state index < -0.39 is 5.54 Å². The van der Waals surface area contributed by atoms with E-state index in [1.165, 1.54) is 10.5 Å². The fourth-order valence-corrected chi connectivity index (χ4v) is 3.78. The summed E-state index contributed by atoms with van der Waals surface area (Å²) < 4.78 is 0. The first kappa shape index (κ1) is 17.0. The van der Waals surface area contributed by atoms with E-state index in [0.29, 0.717) is 18.9 Å². The van der Waals surface area contributed by atoms with Crippen LogP contribution in [0.25, 0.3) is 0 Å². The number of nitrogens with zero attached hydrogens (tertiary/aromatic N) is 1. The molecule has 2 aliphatic heterocycles. The minimum atomic E-state index is -0.919. The molecule has 3 rings (SSSR count). The number of carbonyl (C=O) groups excluding carboxylic acids is 2. The van der Waals surface area contributed by atoms with Crippen molar-refractivity contribution >= 4 is 11.9 Å². The Balaban J connectivity index is 1.87. The number of amides is 3. The summed E-state index contributed by atoms with van der Waals surface area (Å²) in [6.45, 7) is 8.45. The predicted octanol–water partition coefficient (Wildman–Crippen LogP) is 2.46. The fraction of sp³-hybridized carbons (Fsp3) is 0.579. The van der Waals surface area contributed by atoms with Crippen molar-refractivity contribution in [2.75, 3.05) is 19.6 Å². The number of imide groups is 1. The van der Waals surface area contributed by atoms with Gasteiger partial charge in [-0.1, -0.05) is 25.1 Å². The van der Waals surface area contributed by atoms with E-state index in [1.54, 1.807) is 0 Å². The SMILES string of the molecule is CCC1(c2ccc(C)c(C)c2)NC(=O)N(CC2CCCNC2)C1=O. The molecule has 5 heteroatoms. The average Bonchev–Trinajstić information content (AvgIpc) is 2.83. The first-order valence-electron chi connectivity index (χ1n) is 8.90. The monoisotopic (exact) mass is 329 g/mol. The summed E-state index contributed by atoms with van der Waals surface area (Å²) in [5, 5.41) is 6.34. The molecule has 0 aliphatic carbocycles. The van der Waals surface area contributed by atoms with Gasteiger partial charge in [-0.2, -0.15) is 0 Å². The normalized spacial score (nSPS) is 27.5. The molecule has 0 saturated carbocycles. The molecule has 5 nitrogen and oxygen atoms in total. The van der Waals surface area contributed by atoms with Crippen LogP contribution < -0.4 is 10.6 Å². The first-order chi connectivity index (χ1) is 11.5. The molecule has 1 aromatic rings. The summed E-state index contributed by atoms with van der Waals surface area (Å²) in [5.74, 6) is 0.240. The third-order valence-electron chi connectivity index (χ3n) is 5.55. The Labute approximate surface area is 143 Å². The Morgan fingerprint density at radius 2 is 2.04 bits per heavy atom. The summed E-state index contributed by atoms with van der Waals surface area (Å²) in [5.41, 5.74) is 2.29. The lowest BCUT2D eigenvalue weighted by molar-refractivity contribution is -0.132. The van der Waals surface area contributed by atoms with Crippen molar-refractivity contribution < 1.29 is 9.59 Å². The summed E-state index contributed by atoms with van der Waals surface area (Å²) >= 11 is 0. The average molecular weight is 329 g/mol. The van der Waals surface area contributed by atoms with Crippen LogP contribution in [0.1, 0.15) is 42.9 Å². The molecular weight excluding hydrogens is 302 g/mol. The van der Waals surface area contributed by atoms with E-state index in [4.69, 9.17) is 0 Å². The predicted molar refractivity (Wildman–Crippen MR) is 93.7 cm³/mol. The van der Waals surface area contributed by atoms with Crippen LogP contribution in [0.5, 0.6) is 0 Å². The third-order valence-corrected chi connectivity index (χ3v) is 5.55. The van der Waals surface area contributed by atoms with Gasteiger partial charge in [0.15, 0.2) is 0 Å². The number of nitrogens with one attached hydrogen (secondary N) is 2. The van der Waals surface area contributed by atoms with E-state index in [1.807, 2.05) is 32.0 Å². The van der Waals surface area contributed by atoms with Gasteiger partial charge in [-0.25, -0.2) is 4.79 Å². The quantitative estimate of drug-likeness (QED) is 0.834. The number of urea groups is 1. The molecule has 2 saturated heterocycles. The number of hydrogen-bond donors (Lipinski definition) is 2. The molecule has 2 unspecified atom stereocenters. The number of rotatable bonds is 4. The van der Waals surface area contributed by atoms with Crippen molar-refractivity contribution in [2.45, 2.75) is 45.6 Å². The van der Waals surface area contributed by atoms with Crippen LogP contribution in [-0.4, -0.2) is 36.5 Å². The lowest BCUT2D eigenvalue weighted by Gasteiger charge is -2.28. The van der Waals surface area contributed by atoms with E-state index in [9.17, 15) is 9.59 Å². The van der Waals surface area contributed by atoms with Crippen molar-refractivity contribution in [1.82, 2.24) is 15.5 Å². The smallest absolute Gasteiger partial charge is 0.319 e. The maximum Gasteiger partial charge on any atom is 0.325 e. The molecular formula is C19H27N3O2. The van der Waals surface area contributed by atoms with Gasteiger partial charge in [-0.05, 0) is 68.8 Å². The highest BCUT2D eigenvalue weighted by atomic mass is 16.2. The van der Waals surface area contributed by atoms with Crippen LogP contribution in [0, 0.1) is 19.8 Å². The number of hydrogen-bond acceptors (Lipinski definition) is 3. The van der Waals surface area contributed by atoms with Crippen molar-refractivity contribution in [2.24, 2.45) is 5.92 Å². The van der Waals surface area contributed by atoms with E-state index >= 15 is 0 Å². The topological polar surface area (TPSA) is 61.4 Å². The molecule has 2 atom stereocenters. The Morgan fingerprint density at radius 3 is 2.67 bits per heavy atom. The minimum Gasteiger partial charge on any atom is -0.319 e. The largest absolute Gasteiger partial charge is 0.325 e. The molecule has 2 heterocycles. The van der Waals surface area contributed by atoms with Gasteiger partial charge in [0.25, 0.3) is 5.91 Å². The van der Waals surface area contributed by atoms with Gasteiger partial charge in [0.1, 0.15) is 5.54 Å². The second kappa shape index (κ2) is 6.55. The fourth-order valence-electron chi connectivity index (χ4n) is 3.78. The standard InChI is InChI=1S/C19H27N3O2/c1-4-19(16-8-7-13(2)14(3)10-16)17(23)22(18(24)21-19)12-15-6-5-9-20-11-15/h7-8,10,15,20H,4-6,9,11-12H2,1-3H3,(H,21,24). The number of benzene rings is 1. The maximum absolute atomic E-state index is 13.2. The number of piperidine rings is 1. The molecule has 2 N–H and O–H groups in total. The summed E-state index contributed by atoms with van der Waals surface area (Å²) in [6.07, 6.45) is 2.72. The number of carbonyl (C=O) groups is 2. The van der Waals surface area contributed by atoms with Gasteiger partial charge in [-0.15, -0.1) is 0 Å². The Bertz CT molecular complexity index is 652. The van der Waals surface area contributed by atoms with Gasteiger partial charge in [0.05, 0.1) is 0 Å². The van der Waals surface area contributed by atoms with Gasteiger partial charge >= 0.3 is 6.03 Å². The minimum absolute atomic E-state index is 0.108. The second-order valence-corrected chi connectivity index (χ2v) is 7.12. The van der Waals surface area contributed by atoms with Crippen molar-refractivity contribution in [3.05, 3.63) is 34.9 Å². The van der Waals surface area contributed by atoms with Crippen LogP contribution in [0.4, 0.5) is 4.79 Å². The van der Waals surface area contributed by atoms with Gasteiger partial charge in [0.2, 0.25) is 0 Å². The molecule has 130 valence electrons. The van der Waals surface area contributed by atoms with E-state index in [2.05, 4.69) is 17.6 Å². The summed E-state index contributed by atoms with van der Waals surface area (Å²) in [4.78, 5) is 27.1. The molecule has 24 heavy (non-hydrogen) atoms. The van der Waals surface area contributed by atoms with Gasteiger partial charge in [0, 0.05) is 6.54 Å². The zero-order valence-electron chi connectivity index (χ0n) is 14.8. The van der Waals surface area contributed by atoms with Gasteiger partial charge in [-0.3, -0.25) is 9.69 Å². The van der Waals surface area contributed by atoms with Gasteiger partial charge < -0.3 is 10.6 Å². The molecule has 0 radical (unpaired) electrons. The highest BCUT2D eigenvalue weighted by molar-refractivity contribution is 6.07. The molecule has 2 fully saturated rings. The summed E-state index contributed by atoms with van der Waals surface area (Å²) in [7, 11) is 0. The van der Waals surface area contributed by atoms with E-state index in [-0.39, 0.29) is 11.9 Å². The number of aryl methyl sites for hydroxylation is 2. The molecule has 0 bridgehead atoms. The maximum atomic E-state index is 13.2. The third kappa shape index (κ3) is 2.81. The zero-order chi connectivity index (χ0) is 17.3. The molecule has 2 aliphatic rings. The highest BCUT2D eigenvalue weighted by Crippen LogP contribution is 2.34. The molecule has 3 amide bonds. The first-order valence-corrected chi connectivity index (χ1v) is 8.90. The lowest BCUT2D eigenvalue weighted by Crippen LogP contribution is -2.44. The van der Waals surface area contributed by atoms with Crippen LogP contribution in [-0.2, 0) is 10.3 Å². The van der Waals surface area contributed by atoms with Crippen LogP contribution >= 0.6 is 0 Å². The Morgan fingerprint density at radius 1 is 1.25 bits per heavy atom. The molecule has 1 aromatic carbocycles. The van der Waals surface area contributed by atoms with Crippen molar-refractivity contribution in [3.63, 3.8) is 0 Å². The zero-order valence-corrected chi connectivity index (χ0v) is 14.8. The van der Waals surface area contributed by atoms with Crippen molar-refractivity contribution in [1.29, 1.82) is 0 Å². The van der Waals surface area contributed by atoms with Crippen molar-refractivity contribution in [3.8, 4) is 0 Å².